The van der Waals surface area contributed by atoms with Gasteiger partial charge in [0.05, 0.1) is 5.69 Å². The van der Waals surface area contributed by atoms with Crippen LogP contribution < -0.4 is 11.3 Å². The molecule has 2 rings (SSSR count). The Morgan fingerprint density at radius 1 is 1.44 bits per heavy atom. The standard InChI is InChI=1S/C12H20N6/c1-9-11(8-17(2)16-9)12(15-13)5-4-10-6-7-14-18(10)3/h6-8,12,15H,4-5,13H2,1-3H3. The third-order valence-corrected chi connectivity index (χ3v) is 3.24. The van der Waals surface area contributed by atoms with Gasteiger partial charge in [-0.15, -0.1) is 0 Å². The molecular weight excluding hydrogens is 228 g/mol. The smallest absolute Gasteiger partial charge is 0.0641 e. The van der Waals surface area contributed by atoms with Crippen LogP contribution in [0.1, 0.15) is 29.4 Å². The second-order valence-electron chi connectivity index (χ2n) is 4.55. The van der Waals surface area contributed by atoms with Gasteiger partial charge in [-0.05, 0) is 25.8 Å². The average molecular weight is 248 g/mol. The molecule has 18 heavy (non-hydrogen) atoms. The van der Waals surface area contributed by atoms with E-state index in [1.807, 2.05) is 48.8 Å². The maximum Gasteiger partial charge on any atom is 0.0641 e. The number of nitrogens with two attached hydrogens (primary N) is 1. The van der Waals surface area contributed by atoms with Crippen LogP contribution in [0.5, 0.6) is 0 Å². The maximum absolute atomic E-state index is 5.65. The van der Waals surface area contributed by atoms with E-state index in [2.05, 4.69) is 15.6 Å². The molecule has 0 aliphatic carbocycles. The lowest BCUT2D eigenvalue weighted by atomic mass is 10.0. The topological polar surface area (TPSA) is 73.7 Å². The monoisotopic (exact) mass is 248 g/mol. The number of nitrogens with one attached hydrogen (secondary N) is 1. The Hall–Kier alpha value is -1.66. The van der Waals surface area contributed by atoms with Gasteiger partial charge in [0.1, 0.15) is 0 Å². The molecule has 2 heterocycles. The van der Waals surface area contributed by atoms with E-state index in [1.165, 1.54) is 5.69 Å². The van der Waals surface area contributed by atoms with Crippen molar-refractivity contribution in [2.45, 2.75) is 25.8 Å². The first-order valence-corrected chi connectivity index (χ1v) is 6.05. The molecule has 0 bridgehead atoms. The normalized spacial score (nSPS) is 12.9. The van der Waals surface area contributed by atoms with Crippen LogP contribution in [-0.4, -0.2) is 19.6 Å². The molecule has 98 valence electrons. The van der Waals surface area contributed by atoms with Gasteiger partial charge in [0.2, 0.25) is 0 Å². The maximum atomic E-state index is 5.65. The summed E-state index contributed by atoms with van der Waals surface area (Å²) in [5, 5.41) is 8.51. The quantitative estimate of drug-likeness (QED) is 0.600. The van der Waals surface area contributed by atoms with Gasteiger partial charge in [-0.3, -0.25) is 20.6 Å². The summed E-state index contributed by atoms with van der Waals surface area (Å²) in [4.78, 5) is 0. The molecule has 0 aliphatic heterocycles. The highest BCUT2D eigenvalue weighted by molar-refractivity contribution is 5.20. The number of aromatic nitrogens is 4. The van der Waals surface area contributed by atoms with Crippen LogP contribution in [0.15, 0.2) is 18.5 Å². The van der Waals surface area contributed by atoms with E-state index in [0.717, 1.165) is 24.1 Å². The lowest BCUT2D eigenvalue weighted by molar-refractivity contribution is 0.504. The van der Waals surface area contributed by atoms with Gasteiger partial charge in [-0.25, -0.2) is 0 Å². The fourth-order valence-corrected chi connectivity index (χ4v) is 2.23. The minimum Gasteiger partial charge on any atom is -0.275 e. The van der Waals surface area contributed by atoms with E-state index in [1.54, 1.807) is 0 Å². The SMILES string of the molecule is Cc1nn(C)cc1C(CCc1ccnn1C)NN. The first-order chi connectivity index (χ1) is 8.61. The van der Waals surface area contributed by atoms with Crippen molar-refractivity contribution in [1.29, 1.82) is 0 Å². The zero-order chi connectivity index (χ0) is 13.1. The van der Waals surface area contributed by atoms with Crippen molar-refractivity contribution in [3.63, 3.8) is 0 Å². The predicted octanol–water partition coefficient (Wildman–Crippen LogP) is 0.599. The van der Waals surface area contributed by atoms with Crippen molar-refractivity contribution in [2.75, 3.05) is 0 Å². The molecule has 1 unspecified atom stereocenters. The molecule has 0 saturated heterocycles. The molecule has 0 amide bonds. The van der Waals surface area contributed by atoms with E-state index in [4.69, 9.17) is 5.84 Å². The van der Waals surface area contributed by atoms with Crippen molar-refractivity contribution in [2.24, 2.45) is 19.9 Å². The van der Waals surface area contributed by atoms with E-state index in [-0.39, 0.29) is 6.04 Å². The molecule has 0 fully saturated rings. The third-order valence-electron chi connectivity index (χ3n) is 3.24. The summed E-state index contributed by atoms with van der Waals surface area (Å²) < 4.78 is 3.71. The average Bonchev–Trinajstić information content (AvgIpc) is 2.87. The molecule has 0 aliphatic rings. The van der Waals surface area contributed by atoms with Crippen molar-refractivity contribution in [3.8, 4) is 0 Å². The van der Waals surface area contributed by atoms with E-state index >= 15 is 0 Å². The number of hydrazine groups is 1. The highest BCUT2D eigenvalue weighted by Gasteiger charge is 2.15. The Bertz CT molecular complexity index is 512. The summed E-state index contributed by atoms with van der Waals surface area (Å²) in [5.41, 5.74) is 6.25. The van der Waals surface area contributed by atoms with Crippen LogP contribution in [-0.2, 0) is 20.5 Å². The van der Waals surface area contributed by atoms with Gasteiger partial charge >= 0.3 is 0 Å². The molecule has 0 aromatic carbocycles. The molecule has 0 spiro atoms. The Morgan fingerprint density at radius 2 is 2.22 bits per heavy atom. The molecule has 2 aromatic heterocycles. The zero-order valence-corrected chi connectivity index (χ0v) is 11.1. The molecule has 0 radical (unpaired) electrons. The summed E-state index contributed by atoms with van der Waals surface area (Å²) in [7, 11) is 3.88. The second-order valence-corrected chi connectivity index (χ2v) is 4.55. The summed E-state index contributed by atoms with van der Waals surface area (Å²) >= 11 is 0. The van der Waals surface area contributed by atoms with Gasteiger partial charge in [0.25, 0.3) is 0 Å². The fourth-order valence-electron chi connectivity index (χ4n) is 2.23. The third kappa shape index (κ3) is 2.60. The Kier molecular flexibility index (Phi) is 3.78. The largest absolute Gasteiger partial charge is 0.275 e. The van der Waals surface area contributed by atoms with Crippen LogP contribution in [0.2, 0.25) is 0 Å². The van der Waals surface area contributed by atoms with E-state index in [0.29, 0.717) is 0 Å². The van der Waals surface area contributed by atoms with Gasteiger partial charge in [-0.2, -0.15) is 10.2 Å². The van der Waals surface area contributed by atoms with E-state index < -0.39 is 0 Å². The molecular formula is C12H20N6. The highest BCUT2D eigenvalue weighted by atomic mass is 15.3. The number of hydrogen-bond donors (Lipinski definition) is 2. The van der Waals surface area contributed by atoms with Crippen LogP contribution in [0.4, 0.5) is 0 Å². The number of nitrogens with zero attached hydrogens (tertiary/aromatic N) is 4. The molecule has 6 nitrogen and oxygen atoms in total. The molecule has 3 N–H and O–H groups in total. The summed E-state index contributed by atoms with van der Waals surface area (Å²) in [6, 6.07) is 2.15. The Labute approximate surface area is 107 Å². The van der Waals surface area contributed by atoms with Crippen LogP contribution in [0, 0.1) is 6.92 Å². The van der Waals surface area contributed by atoms with Gasteiger partial charge < -0.3 is 0 Å². The highest BCUT2D eigenvalue weighted by Crippen LogP contribution is 2.20. The second kappa shape index (κ2) is 5.32. The van der Waals surface area contributed by atoms with Gasteiger partial charge in [0.15, 0.2) is 0 Å². The van der Waals surface area contributed by atoms with Crippen molar-refractivity contribution < 1.29 is 0 Å². The number of aryl methyl sites for hydroxylation is 4. The predicted molar refractivity (Wildman–Crippen MR) is 69.5 cm³/mol. The Morgan fingerprint density at radius 3 is 2.72 bits per heavy atom. The van der Waals surface area contributed by atoms with Crippen molar-refractivity contribution >= 4 is 0 Å². The summed E-state index contributed by atoms with van der Waals surface area (Å²) in [6.07, 6.45) is 5.68. The Balaban J connectivity index is 2.06. The fraction of sp³-hybridized carbons (Fsp3) is 0.500. The van der Waals surface area contributed by atoms with Crippen molar-refractivity contribution in [3.05, 3.63) is 35.4 Å². The minimum absolute atomic E-state index is 0.119. The lowest BCUT2D eigenvalue weighted by Gasteiger charge is -2.15. The summed E-state index contributed by atoms with van der Waals surface area (Å²) in [5.74, 6) is 5.65. The molecule has 1 atom stereocenters. The first-order valence-electron chi connectivity index (χ1n) is 6.05. The summed E-state index contributed by atoms with van der Waals surface area (Å²) in [6.45, 7) is 2.00. The minimum atomic E-state index is 0.119. The zero-order valence-electron chi connectivity index (χ0n) is 11.1. The molecule has 2 aromatic rings. The number of hydrogen-bond acceptors (Lipinski definition) is 4. The first kappa shape index (κ1) is 12.8. The van der Waals surface area contributed by atoms with Gasteiger partial charge in [0, 0.05) is 43.8 Å². The van der Waals surface area contributed by atoms with Gasteiger partial charge in [-0.1, -0.05) is 0 Å². The number of rotatable bonds is 5. The van der Waals surface area contributed by atoms with E-state index in [9.17, 15) is 0 Å². The van der Waals surface area contributed by atoms with Crippen LogP contribution in [0.3, 0.4) is 0 Å². The van der Waals surface area contributed by atoms with Crippen LogP contribution >= 0.6 is 0 Å². The van der Waals surface area contributed by atoms with Crippen molar-refractivity contribution in [1.82, 2.24) is 25.0 Å². The lowest BCUT2D eigenvalue weighted by Crippen LogP contribution is -2.28. The molecule has 0 saturated carbocycles. The molecule has 6 heteroatoms. The van der Waals surface area contributed by atoms with Crippen LogP contribution in [0.25, 0.3) is 0 Å².